The van der Waals surface area contributed by atoms with Crippen molar-refractivity contribution in [2.75, 3.05) is 6.61 Å². The first kappa shape index (κ1) is 11.1. The van der Waals surface area contributed by atoms with Crippen molar-refractivity contribution in [3.63, 3.8) is 0 Å². The molecular formula is C9H15O3. The van der Waals surface area contributed by atoms with Crippen LogP contribution in [-0.2, 0) is 14.3 Å². The first-order valence-corrected chi connectivity index (χ1v) is 4.32. The van der Waals surface area contributed by atoms with Crippen LogP contribution in [0.25, 0.3) is 0 Å². The van der Waals surface area contributed by atoms with Crippen LogP contribution in [0.2, 0.25) is 0 Å². The minimum atomic E-state index is -0.164. The van der Waals surface area contributed by atoms with Gasteiger partial charge in [-0.25, -0.2) is 0 Å². The summed E-state index contributed by atoms with van der Waals surface area (Å²) in [4.78, 5) is 20.6. The maximum Gasteiger partial charge on any atom is 0.305 e. The molecule has 0 unspecified atom stereocenters. The Morgan fingerprint density at radius 1 is 1.42 bits per heavy atom. The van der Waals surface area contributed by atoms with Gasteiger partial charge in [-0.1, -0.05) is 13.3 Å². The number of hydrogen-bond acceptors (Lipinski definition) is 3. The maximum absolute atomic E-state index is 10.8. The molecule has 0 rings (SSSR count). The number of ether oxygens (including phenoxy) is 1. The number of esters is 1. The highest BCUT2D eigenvalue weighted by atomic mass is 16.5. The molecule has 0 aliphatic rings. The Hall–Kier alpha value is -0.860. The van der Waals surface area contributed by atoms with E-state index < -0.39 is 0 Å². The molecule has 0 N–H and O–H groups in total. The van der Waals surface area contributed by atoms with Crippen molar-refractivity contribution in [1.82, 2.24) is 0 Å². The highest BCUT2D eigenvalue weighted by Crippen LogP contribution is 1.97. The van der Waals surface area contributed by atoms with Crippen LogP contribution in [0.1, 0.15) is 39.0 Å². The SMILES string of the molecule is CCCCC(=O)OCCC[C]=O. The van der Waals surface area contributed by atoms with Gasteiger partial charge >= 0.3 is 5.97 Å². The summed E-state index contributed by atoms with van der Waals surface area (Å²) in [7, 11) is 0. The van der Waals surface area contributed by atoms with E-state index in [0.717, 1.165) is 12.8 Å². The van der Waals surface area contributed by atoms with Gasteiger partial charge in [-0.3, -0.25) is 9.59 Å². The molecule has 3 nitrogen and oxygen atoms in total. The second kappa shape index (κ2) is 8.24. The van der Waals surface area contributed by atoms with Gasteiger partial charge in [0.15, 0.2) is 6.29 Å². The molecule has 3 heteroatoms. The van der Waals surface area contributed by atoms with E-state index in [1.165, 1.54) is 0 Å². The lowest BCUT2D eigenvalue weighted by Gasteiger charge is -2.01. The molecule has 0 atom stereocenters. The minimum absolute atomic E-state index is 0.164. The minimum Gasteiger partial charge on any atom is -0.466 e. The average molecular weight is 171 g/mol. The van der Waals surface area contributed by atoms with Gasteiger partial charge in [0.2, 0.25) is 0 Å². The fourth-order valence-corrected chi connectivity index (χ4v) is 0.724. The topological polar surface area (TPSA) is 43.4 Å². The van der Waals surface area contributed by atoms with Gasteiger partial charge in [-0.05, 0) is 12.8 Å². The molecule has 12 heavy (non-hydrogen) atoms. The molecule has 0 heterocycles. The normalized spacial score (nSPS) is 9.42. The van der Waals surface area contributed by atoms with Crippen LogP contribution >= 0.6 is 0 Å². The molecule has 0 saturated carbocycles. The predicted octanol–water partition coefficient (Wildman–Crippen LogP) is 1.61. The summed E-state index contributed by atoms with van der Waals surface area (Å²) >= 11 is 0. The maximum atomic E-state index is 10.8. The van der Waals surface area contributed by atoms with Crippen molar-refractivity contribution in [2.24, 2.45) is 0 Å². The monoisotopic (exact) mass is 171 g/mol. The number of carbonyl (C=O) groups excluding carboxylic acids is 2. The summed E-state index contributed by atoms with van der Waals surface area (Å²) in [6.45, 7) is 2.37. The van der Waals surface area contributed by atoms with Crippen LogP contribution in [0.15, 0.2) is 0 Å². The Balaban J connectivity index is 3.13. The van der Waals surface area contributed by atoms with E-state index in [4.69, 9.17) is 4.74 Å². The van der Waals surface area contributed by atoms with E-state index in [-0.39, 0.29) is 5.97 Å². The molecule has 0 aromatic rings. The summed E-state index contributed by atoms with van der Waals surface area (Å²) in [5.74, 6) is -0.164. The summed E-state index contributed by atoms with van der Waals surface area (Å²) in [5.41, 5.74) is 0. The highest BCUT2D eigenvalue weighted by Gasteiger charge is 2.00. The predicted molar refractivity (Wildman–Crippen MR) is 45.4 cm³/mol. The Kier molecular flexibility index (Phi) is 7.65. The van der Waals surface area contributed by atoms with E-state index in [9.17, 15) is 9.59 Å². The molecule has 0 saturated heterocycles. The zero-order valence-corrected chi connectivity index (χ0v) is 7.47. The van der Waals surface area contributed by atoms with Crippen LogP contribution in [0.4, 0.5) is 0 Å². The third-order valence-corrected chi connectivity index (χ3v) is 1.42. The van der Waals surface area contributed by atoms with E-state index >= 15 is 0 Å². The smallest absolute Gasteiger partial charge is 0.305 e. The van der Waals surface area contributed by atoms with Crippen molar-refractivity contribution >= 4 is 12.3 Å². The first-order chi connectivity index (χ1) is 5.81. The van der Waals surface area contributed by atoms with Gasteiger partial charge in [0.25, 0.3) is 0 Å². The van der Waals surface area contributed by atoms with Crippen LogP contribution in [0.5, 0.6) is 0 Å². The van der Waals surface area contributed by atoms with Crippen LogP contribution in [0, 0.1) is 0 Å². The molecular weight excluding hydrogens is 156 g/mol. The van der Waals surface area contributed by atoms with Gasteiger partial charge in [-0.15, -0.1) is 0 Å². The van der Waals surface area contributed by atoms with Gasteiger partial charge < -0.3 is 4.74 Å². The van der Waals surface area contributed by atoms with E-state index in [1.54, 1.807) is 6.29 Å². The van der Waals surface area contributed by atoms with Crippen molar-refractivity contribution in [3.8, 4) is 0 Å². The Morgan fingerprint density at radius 3 is 2.75 bits per heavy atom. The van der Waals surface area contributed by atoms with E-state index in [2.05, 4.69) is 0 Å². The summed E-state index contributed by atoms with van der Waals surface area (Å²) in [6.07, 6.45) is 5.03. The van der Waals surface area contributed by atoms with Crippen LogP contribution < -0.4 is 0 Å². The zero-order valence-electron chi connectivity index (χ0n) is 7.47. The van der Waals surface area contributed by atoms with Gasteiger partial charge in [0.1, 0.15) is 0 Å². The molecule has 0 bridgehead atoms. The number of rotatable bonds is 7. The molecule has 0 fully saturated rings. The molecule has 0 aromatic heterocycles. The van der Waals surface area contributed by atoms with Crippen molar-refractivity contribution < 1.29 is 14.3 Å². The lowest BCUT2D eigenvalue weighted by atomic mass is 10.2. The van der Waals surface area contributed by atoms with Gasteiger partial charge in [-0.2, -0.15) is 0 Å². The van der Waals surface area contributed by atoms with Gasteiger partial charge in [0.05, 0.1) is 6.61 Å². The third kappa shape index (κ3) is 7.25. The molecule has 0 amide bonds. The summed E-state index contributed by atoms with van der Waals surface area (Å²) in [6, 6.07) is 0. The lowest BCUT2D eigenvalue weighted by molar-refractivity contribution is -0.143. The molecule has 0 aromatic carbocycles. The molecule has 1 radical (unpaired) electrons. The van der Waals surface area contributed by atoms with E-state index in [0.29, 0.717) is 25.9 Å². The van der Waals surface area contributed by atoms with Crippen molar-refractivity contribution in [3.05, 3.63) is 0 Å². The Bertz CT molecular complexity index is 132. The number of hydrogen-bond donors (Lipinski definition) is 0. The van der Waals surface area contributed by atoms with Crippen molar-refractivity contribution in [1.29, 1.82) is 0 Å². The number of carbonyl (C=O) groups is 1. The standard InChI is InChI=1S/C9H15O3/c1-2-3-6-9(11)12-8-5-4-7-10/h2-6,8H2,1H3. The fourth-order valence-electron chi connectivity index (χ4n) is 0.724. The van der Waals surface area contributed by atoms with E-state index in [1.807, 2.05) is 6.92 Å². The molecule has 0 aliphatic carbocycles. The fraction of sp³-hybridized carbons (Fsp3) is 0.778. The molecule has 0 spiro atoms. The number of unbranched alkanes of at least 4 members (excludes halogenated alkanes) is 2. The molecule has 69 valence electrons. The van der Waals surface area contributed by atoms with Gasteiger partial charge in [0, 0.05) is 12.8 Å². The summed E-state index contributed by atoms with van der Waals surface area (Å²) < 4.78 is 4.83. The Labute approximate surface area is 73.1 Å². The quantitative estimate of drug-likeness (QED) is 0.431. The van der Waals surface area contributed by atoms with Crippen molar-refractivity contribution in [2.45, 2.75) is 39.0 Å². The third-order valence-electron chi connectivity index (χ3n) is 1.42. The largest absolute Gasteiger partial charge is 0.466 e. The lowest BCUT2D eigenvalue weighted by Crippen LogP contribution is -2.05. The van der Waals surface area contributed by atoms with Crippen LogP contribution in [-0.4, -0.2) is 18.9 Å². The second-order valence-corrected chi connectivity index (χ2v) is 2.57. The second-order valence-electron chi connectivity index (χ2n) is 2.57. The Morgan fingerprint density at radius 2 is 2.17 bits per heavy atom. The zero-order chi connectivity index (χ0) is 9.23. The summed E-state index contributed by atoms with van der Waals surface area (Å²) in [5, 5.41) is 0. The molecule has 0 aliphatic heterocycles. The average Bonchev–Trinajstić information content (AvgIpc) is 2.09. The first-order valence-electron chi connectivity index (χ1n) is 4.32. The van der Waals surface area contributed by atoms with Crippen LogP contribution in [0.3, 0.4) is 0 Å². The highest BCUT2D eigenvalue weighted by molar-refractivity contribution is 5.69.